The summed E-state index contributed by atoms with van der Waals surface area (Å²) in [5.74, 6) is 1.98. The summed E-state index contributed by atoms with van der Waals surface area (Å²) in [6.45, 7) is 4.86. The highest BCUT2D eigenvalue weighted by Crippen LogP contribution is 2.34. The lowest BCUT2D eigenvalue weighted by atomic mass is 9.95. The molecule has 0 spiro atoms. The Kier molecular flexibility index (Phi) is 6.44. The SMILES string of the molecule is COc1cc(F)ccc1CN1CCCC(N2CCc3cc(OC)c(OC)cc3C2)C1. The Labute approximate surface area is 178 Å². The number of piperidine rings is 1. The van der Waals surface area contributed by atoms with Crippen LogP contribution in [0.15, 0.2) is 30.3 Å². The molecule has 2 aliphatic rings. The van der Waals surface area contributed by atoms with Gasteiger partial charge in [0.15, 0.2) is 11.5 Å². The van der Waals surface area contributed by atoms with E-state index in [9.17, 15) is 4.39 Å². The molecule has 0 N–H and O–H groups in total. The van der Waals surface area contributed by atoms with Crippen LogP contribution in [0.1, 0.15) is 29.5 Å². The first-order chi connectivity index (χ1) is 14.6. The van der Waals surface area contributed by atoms with E-state index in [1.807, 2.05) is 6.07 Å². The predicted molar refractivity (Wildman–Crippen MR) is 115 cm³/mol. The molecule has 1 fully saturated rings. The van der Waals surface area contributed by atoms with Crippen molar-refractivity contribution in [3.05, 3.63) is 52.8 Å². The zero-order chi connectivity index (χ0) is 21.1. The molecule has 1 saturated heterocycles. The third-order valence-corrected chi connectivity index (χ3v) is 6.39. The van der Waals surface area contributed by atoms with E-state index in [1.165, 1.54) is 36.1 Å². The topological polar surface area (TPSA) is 34.2 Å². The zero-order valence-electron chi connectivity index (χ0n) is 18.1. The minimum atomic E-state index is -0.258. The van der Waals surface area contributed by atoms with Crippen LogP contribution in [0, 0.1) is 5.82 Å². The number of halogens is 1. The van der Waals surface area contributed by atoms with E-state index in [4.69, 9.17) is 14.2 Å². The third kappa shape index (κ3) is 4.40. The smallest absolute Gasteiger partial charge is 0.161 e. The third-order valence-electron chi connectivity index (χ3n) is 6.39. The van der Waals surface area contributed by atoms with Crippen LogP contribution in [0.3, 0.4) is 0 Å². The first kappa shape index (κ1) is 20.9. The summed E-state index contributed by atoms with van der Waals surface area (Å²) in [4.78, 5) is 5.07. The van der Waals surface area contributed by atoms with Crippen LogP contribution in [0.25, 0.3) is 0 Å². The molecular weight excluding hydrogens is 383 g/mol. The fraction of sp³-hybridized carbons (Fsp3) is 0.500. The molecule has 0 aromatic heterocycles. The predicted octanol–water partition coefficient (Wildman–Crippen LogP) is 3.87. The molecule has 0 saturated carbocycles. The molecule has 0 radical (unpaired) electrons. The lowest BCUT2D eigenvalue weighted by Crippen LogP contribution is -2.49. The molecule has 0 aliphatic carbocycles. The maximum absolute atomic E-state index is 13.5. The van der Waals surface area contributed by atoms with Crippen LogP contribution >= 0.6 is 0 Å². The first-order valence-corrected chi connectivity index (χ1v) is 10.6. The standard InChI is InChI=1S/C24H31FN2O3/c1-28-22-13-20(25)7-6-18(22)14-26-9-4-5-21(16-26)27-10-8-17-11-23(29-2)24(30-3)12-19(17)15-27/h6-7,11-13,21H,4-5,8-10,14-16H2,1-3H3. The van der Waals surface area contributed by atoms with Crippen molar-refractivity contribution in [3.63, 3.8) is 0 Å². The molecule has 1 unspecified atom stereocenters. The van der Waals surface area contributed by atoms with Gasteiger partial charge < -0.3 is 14.2 Å². The quantitative estimate of drug-likeness (QED) is 0.717. The molecule has 0 amide bonds. The molecule has 162 valence electrons. The van der Waals surface area contributed by atoms with Crippen molar-refractivity contribution < 1.29 is 18.6 Å². The number of methoxy groups -OCH3 is 3. The van der Waals surface area contributed by atoms with Gasteiger partial charge in [-0.2, -0.15) is 0 Å². The van der Waals surface area contributed by atoms with E-state index in [0.717, 1.165) is 56.2 Å². The van der Waals surface area contributed by atoms with Gasteiger partial charge in [-0.1, -0.05) is 6.07 Å². The number of benzene rings is 2. The van der Waals surface area contributed by atoms with Crippen LogP contribution in [-0.4, -0.2) is 56.8 Å². The first-order valence-electron chi connectivity index (χ1n) is 10.6. The highest BCUT2D eigenvalue weighted by Gasteiger charge is 2.29. The van der Waals surface area contributed by atoms with Gasteiger partial charge in [-0.3, -0.25) is 9.80 Å². The van der Waals surface area contributed by atoms with E-state index in [2.05, 4.69) is 21.9 Å². The van der Waals surface area contributed by atoms with Gasteiger partial charge in [0.25, 0.3) is 0 Å². The fourth-order valence-corrected chi connectivity index (χ4v) is 4.78. The molecule has 4 rings (SSSR count). The van der Waals surface area contributed by atoms with Crippen molar-refractivity contribution in [1.82, 2.24) is 9.80 Å². The van der Waals surface area contributed by atoms with E-state index in [1.54, 1.807) is 21.3 Å². The second-order valence-electron chi connectivity index (χ2n) is 8.18. The summed E-state index contributed by atoms with van der Waals surface area (Å²) in [6.07, 6.45) is 3.40. The average molecular weight is 415 g/mol. The summed E-state index contributed by atoms with van der Waals surface area (Å²) >= 11 is 0. The van der Waals surface area contributed by atoms with Gasteiger partial charge >= 0.3 is 0 Å². The summed E-state index contributed by atoms with van der Waals surface area (Å²) < 4.78 is 29.9. The van der Waals surface area contributed by atoms with Crippen LogP contribution < -0.4 is 14.2 Å². The van der Waals surface area contributed by atoms with Crippen LogP contribution in [0.2, 0.25) is 0 Å². The Balaban J connectivity index is 1.44. The number of fused-ring (bicyclic) bond motifs is 1. The van der Waals surface area contributed by atoms with Gasteiger partial charge in [0.05, 0.1) is 21.3 Å². The summed E-state index contributed by atoms with van der Waals surface area (Å²) in [5.41, 5.74) is 3.73. The number of nitrogens with zero attached hydrogens (tertiary/aromatic N) is 2. The summed E-state index contributed by atoms with van der Waals surface area (Å²) in [5, 5.41) is 0. The van der Waals surface area contributed by atoms with Gasteiger partial charge in [0, 0.05) is 43.9 Å². The Bertz CT molecular complexity index is 889. The number of hydrogen-bond acceptors (Lipinski definition) is 5. The van der Waals surface area contributed by atoms with Crippen LogP contribution in [-0.2, 0) is 19.5 Å². The van der Waals surface area contributed by atoms with E-state index >= 15 is 0 Å². The molecular formula is C24H31FN2O3. The Morgan fingerprint density at radius 2 is 1.67 bits per heavy atom. The zero-order valence-corrected chi connectivity index (χ0v) is 18.1. The van der Waals surface area contributed by atoms with Crippen molar-refractivity contribution in [2.24, 2.45) is 0 Å². The second kappa shape index (κ2) is 9.23. The number of likely N-dealkylation sites (tertiary alicyclic amines) is 1. The fourth-order valence-electron chi connectivity index (χ4n) is 4.78. The maximum Gasteiger partial charge on any atom is 0.161 e. The van der Waals surface area contributed by atoms with E-state index < -0.39 is 0 Å². The molecule has 2 heterocycles. The summed E-state index contributed by atoms with van der Waals surface area (Å²) in [7, 11) is 4.98. The van der Waals surface area contributed by atoms with Crippen molar-refractivity contribution >= 4 is 0 Å². The number of rotatable bonds is 6. The van der Waals surface area contributed by atoms with Crippen molar-refractivity contribution in [1.29, 1.82) is 0 Å². The molecule has 2 aromatic rings. The lowest BCUT2D eigenvalue weighted by Gasteiger charge is -2.41. The monoisotopic (exact) mass is 414 g/mol. The minimum absolute atomic E-state index is 0.258. The van der Waals surface area contributed by atoms with Crippen LogP contribution in [0.5, 0.6) is 17.2 Å². The Morgan fingerprint density at radius 1 is 0.933 bits per heavy atom. The van der Waals surface area contributed by atoms with Gasteiger partial charge in [-0.15, -0.1) is 0 Å². The number of hydrogen-bond donors (Lipinski definition) is 0. The van der Waals surface area contributed by atoms with Gasteiger partial charge in [-0.25, -0.2) is 4.39 Å². The van der Waals surface area contributed by atoms with Crippen molar-refractivity contribution in [2.75, 3.05) is 41.0 Å². The minimum Gasteiger partial charge on any atom is -0.496 e. The molecule has 6 heteroatoms. The molecule has 0 bridgehead atoms. The van der Waals surface area contributed by atoms with E-state index in [0.29, 0.717) is 11.8 Å². The van der Waals surface area contributed by atoms with Gasteiger partial charge in [0.1, 0.15) is 11.6 Å². The normalized spacial score (nSPS) is 19.9. The van der Waals surface area contributed by atoms with Gasteiger partial charge in [-0.05, 0) is 55.1 Å². The van der Waals surface area contributed by atoms with Crippen molar-refractivity contribution in [3.8, 4) is 17.2 Å². The van der Waals surface area contributed by atoms with Crippen LogP contribution in [0.4, 0.5) is 4.39 Å². The highest BCUT2D eigenvalue weighted by atomic mass is 19.1. The Hall–Kier alpha value is -2.31. The molecule has 30 heavy (non-hydrogen) atoms. The molecule has 2 aromatic carbocycles. The second-order valence-corrected chi connectivity index (χ2v) is 8.18. The van der Waals surface area contributed by atoms with E-state index in [-0.39, 0.29) is 5.82 Å². The lowest BCUT2D eigenvalue weighted by molar-refractivity contribution is 0.0833. The summed E-state index contributed by atoms with van der Waals surface area (Å²) in [6, 6.07) is 9.60. The van der Waals surface area contributed by atoms with Gasteiger partial charge in [0.2, 0.25) is 0 Å². The number of ether oxygens (including phenoxy) is 3. The van der Waals surface area contributed by atoms with Crippen molar-refractivity contribution in [2.45, 2.75) is 38.4 Å². The average Bonchev–Trinajstić information content (AvgIpc) is 2.79. The largest absolute Gasteiger partial charge is 0.496 e. The molecule has 2 aliphatic heterocycles. The molecule has 1 atom stereocenters. The maximum atomic E-state index is 13.5. The Morgan fingerprint density at radius 3 is 2.40 bits per heavy atom. The highest BCUT2D eigenvalue weighted by molar-refractivity contribution is 5.48. The molecule has 5 nitrogen and oxygen atoms in total.